The SMILES string of the molecule is CC(C)SCC(=O)NCC(=O)O. The second-order valence-corrected chi connectivity index (χ2v) is 4.10. The summed E-state index contributed by atoms with van der Waals surface area (Å²) in [6.45, 7) is 3.67. The normalized spacial score (nSPS) is 9.92. The van der Waals surface area contributed by atoms with Crippen molar-refractivity contribution in [1.29, 1.82) is 0 Å². The number of carboxylic acid groups (broad SMARTS) is 1. The number of carbonyl (C=O) groups excluding carboxylic acids is 1. The van der Waals surface area contributed by atoms with Crippen LogP contribution in [0.25, 0.3) is 0 Å². The molecule has 70 valence electrons. The number of amides is 1. The quantitative estimate of drug-likeness (QED) is 0.657. The van der Waals surface area contributed by atoms with E-state index in [1.165, 1.54) is 11.8 Å². The summed E-state index contributed by atoms with van der Waals surface area (Å²) in [7, 11) is 0. The molecular formula is C7H13NO3S. The van der Waals surface area contributed by atoms with Gasteiger partial charge in [-0.2, -0.15) is 0 Å². The van der Waals surface area contributed by atoms with Crippen LogP contribution in [0.1, 0.15) is 13.8 Å². The van der Waals surface area contributed by atoms with E-state index in [1.54, 1.807) is 0 Å². The monoisotopic (exact) mass is 191 g/mol. The van der Waals surface area contributed by atoms with Crippen LogP contribution in [0.15, 0.2) is 0 Å². The maximum Gasteiger partial charge on any atom is 0.322 e. The number of nitrogens with one attached hydrogen (secondary N) is 1. The van der Waals surface area contributed by atoms with Crippen LogP contribution in [-0.2, 0) is 9.59 Å². The van der Waals surface area contributed by atoms with Gasteiger partial charge in [0, 0.05) is 0 Å². The highest BCUT2D eigenvalue weighted by molar-refractivity contribution is 8.00. The molecule has 0 saturated carbocycles. The minimum absolute atomic E-state index is 0.226. The number of rotatable bonds is 5. The van der Waals surface area contributed by atoms with E-state index in [4.69, 9.17) is 5.11 Å². The zero-order valence-electron chi connectivity index (χ0n) is 7.16. The van der Waals surface area contributed by atoms with Crippen LogP contribution >= 0.6 is 11.8 Å². The summed E-state index contributed by atoms with van der Waals surface area (Å²) >= 11 is 1.49. The molecule has 0 radical (unpaired) electrons. The van der Waals surface area contributed by atoms with Gasteiger partial charge in [0.2, 0.25) is 5.91 Å². The van der Waals surface area contributed by atoms with Crippen molar-refractivity contribution in [2.75, 3.05) is 12.3 Å². The first-order chi connectivity index (χ1) is 5.52. The molecule has 0 aliphatic rings. The van der Waals surface area contributed by atoms with E-state index in [-0.39, 0.29) is 12.5 Å². The first-order valence-corrected chi connectivity index (χ1v) is 4.67. The fourth-order valence-electron chi connectivity index (χ4n) is 0.468. The van der Waals surface area contributed by atoms with E-state index in [0.29, 0.717) is 11.0 Å². The minimum atomic E-state index is -1.02. The van der Waals surface area contributed by atoms with Crippen LogP contribution in [0, 0.1) is 0 Å². The van der Waals surface area contributed by atoms with Crippen molar-refractivity contribution in [3.05, 3.63) is 0 Å². The van der Waals surface area contributed by atoms with E-state index in [9.17, 15) is 9.59 Å². The Hall–Kier alpha value is -0.710. The Labute approximate surface area is 75.7 Å². The third kappa shape index (κ3) is 7.40. The van der Waals surface area contributed by atoms with Gasteiger partial charge in [0.25, 0.3) is 0 Å². The van der Waals surface area contributed by atoms with Gasteiger partial charge in [-0.25, -0.2) is 0 Å². The molecule has 5 heteroatoms. The van der Waals surface area contributed by atoms with E-state index in [1.807, 2.05) is 13.8 Å². The van der Waals surface area contributed by atoms with Gasteiger partial charge in [-0.05, 0) is 5.25 Å². The number of aliphatic carboxylic acids is 1. The van der Waals surface area contributed by atoms with Gasteiger partial charge in [-0.3, -0.25) is 9.59 Å². The molecule has 0 aromatic heterocycles. The maximum absolute atomic E-state index is 10.9. The molecule has 0 aliphatic carbocycles. The van der Waals surface area contributed by atoms with Crippen molar-refractivity contribution >= 4 is 23.6 Å². The number of hydrogen-bond donors (Lipinski definition) is 2. The smallest absolute Gasteiger partial charge is 0.322 e. The second kappa shape index (κ2) is 5.88. The molecule has 0 saturated heterocycles. The molecule has 0 aromatic rings. The molecule has 1 amide bonds. The topological polar surface area (TPSA) is 66.4 Å². The van der Waals surface area contributed by atoms with Crippen molar-refractivity contribution < 1.29 is 14.7 Å². The van der Waals surface area contributed by atoms with E-state index >= 15 is 0 Å². The van der Waals surface area contributed by atoms with Crippen molar-refractivity contribution in [3.8, 4) is 0 Å². The number of hydrogen-bond acceptors (Lipinski definition) is 3. The third-order valence-corrected chi connectivity index (χ3v) is 2.08. The van der Waals surface area contributed by atoms with Gasteiger partial charge < -0.3 is 10.4 Å². The lowest BCUT2D eigenvalue weighted by atomic mass is 10.6. The third-order valence-electron chi connectivity index (χ3n) is 0.985. The standard InChI is InChI=1S/C7H13NO3S/c1-5(2)12-4-6(9)8-3-7(10)11/h5H,3-4H2,1-2H3,(H,8,9)(H,10,11). The van der Waals surface area contributed by atoms with Gasteiger partial charge >= 0.3 is 5.97 Å². The second-order valence-electron chi connectivity index (χ2n) is 2.53. The Morgan fingerprint density at radius 2 is 2.08 bits per heavy atom. The van der Waals surface area contributed by atoms with Crippen LogP contribution in [0.3, 0.4) is 0 Å². The van der Waals surface area contributed by atoms with Crippen molar-refractivity contribution in [3.63, 3.8) is 0 Å². The molecule has 0 heterocycles. The number of carbonyl (C=O) groups is 2. The number of thioether (sulfide) groups is 1. The Bertz CT molecular complexity index is 170. The highest BCUT2D eigenvalue weighted by atomic mass is 32.2. The minimum Gasteiger partial charge on any atom is -0.480 e. The van der Waals surface area contributed by atoms with Crippen LogP contribution in [-0.4, -0.2) is 34.5 Å². The molecule has 0 aromatic carbocycles. The lowest BCUT2D eigenvalue weighted by molar-refractivity contribution is -0.137. The lowest BCUT2D eigenvalue weighted by Crippen LogP contribution is -2.30. The first-order valence-electron chi connectivity index (χ1n) is 3.62. The Kier molecular flexibility index (Phi) is 5.53. The molecule has 0 unspecified atom stereocenters. The van der Waals surface area contributed by atoms with Crippen LogP contribution < -0.4 is 5.32 Å². The summed E-state index contributed by atoms with van der Waals surface area (Å²) in [5.74, 6) is -0.917. The molecule has 0 fully saturated rings. The molecule has 0 rings (SSSR count). The molecule has 0 spiro atoms. The van der Waals surface area contributed by atoms with Gasteiger partial charge in [-0.15, -0.1) is 11.8 Å². The highest BCUT2D eigenvalue weighted by Gasteiger charge is 2.04. The molecule has 12 heavy (non-hydrogen) atoms. The molecule has 4 nitrogen and oxygen atoms in total. The lowest BCUT2D eigenvalue weighted by Gasteiger charge is -2.04. The van der Waals surface area contributed by atoms with E-state index < -0.39 is 5.97 Å². The largest absolute Gasteiger partial charge is 0.480 e. The zero-order chi connectivity index (χ0) is 9.56. The Morgan fingerprint density at radius 3 is 2.50 bits per heavy atom. The fourth-order valence-corrected chi connectivity index (χ4v) is 1.05. The molecule has 0 aliphatic heterocycles. The highest BCUT2D eigenvalue weighted by Crippen LogP contribution is 2.07. The maximum atomic E-state index is 10.9. The molecule has 2 N–H and O–H groups in total. The summed E-state index contributed by atoms with van der Waals surface area (Å²) < 4.78 is 0. The van der Waals surface area contributed by atoms with Crippen molar-refractivity contribution in [2.24, 2.45) is 0 Å². The Morgan fingerprint density at radius 1 is 1.50 bits per heavy atom. The molecular weight excluding hydrogens is 178 g/mol. The first kappa shape index (κ1) is 11.3. The van der Waals surface area contributed by atoms with Gasteiger partial charge in [0.05, 0.1) is 5.75 Å². The van der Waals surface area contributed by atoms with E-state index in [2.05, 4.69) is 5.32 Å². The summed E-state index contributed by atoms with van der Waals surface area (Å²) in [4.78, 5) is 20.9. The van der Waals surface area contributed by atoms with Crippen LogP contribution in [0.4, 0.5) is 0 Å². The average Bonchev–Trinajstić information content (AvgIpc) is 1.96. The summed E-state index contributed by atoms with van der Waals surface area (Å²) in [6.07, 6.45) is 0. The zero-order valence-corrected chi connectivity index (χ0v) is 7.98. The predicted molar refractivity (Wildman–Crippen MR) is 48.2 cm³/mol. The fraction of sp³-hybridized carbons (Fsp3) is 0.714. The van der Waals surface area contributed by atoms with Crippen LogP contribution in [0.2, 0.25) is 0 Å². The number of carboxylic acids is 1. The van der Waals surface area contributed by atoms with Crippen molar-refractivity contribution in [1.82, 2.24) is 5.32 Å². The summed E-state index contributed by atoms with van der Waals surface area (Å²) in [5, 5.41) is 10.9. The van der Waals surface area contributed by atoms with E-state index in [0.717, 1.165) is 0 Å². The van der Waals surface area contributed by atoms with Crippen LogP contribution in [0.5, 0.6) is 0 Å². The van der Waals surface area contributed by atoms with Gasteiger partial charge in [0.1, 0.15) is 6.54 Å². The summed E-state index contributed by atoms with van der Waals surface area (Å²) in [6, 6.07) is 0. The Balaban J connectivity index is 3.40. The van der Waals surface area contributed by atoms with Gasteiger partial charge in [-0.1, -0.05) is 13.8 Å². The predicted octanol–water partition coefficient (Wildman–Crippen LogP) is 0.329. The summed E-state index contributed by atoms with van der Waals surface area (Å²) in [5.41, 5.74) is 0. The molecule has 0 bridgehead atoms. The average molecular weight is 191 g/mol. The van der Waals surface area contributed by atoms with Gasteiger partial charge in [0.15, 0.2) is 0 Å². The van der Waals surface area contributed by atoms with Crippen molar-refractivity contribution in [2.45, 2.75) is 19.1 Å². The molecule has 0 atom stereocenters.